The summed E-state index contributed by atoms with van der Waals surface area (Å²) in [5, 5.41) is 0. The molecule has 0 amide bonds. The van der Waals surface area contributed by atoms with E-state index in [-0.39, 0.29) is 0 Å². The van der Waals surface area contributed by atoms with Crippen LogP contribution in [0.1, 0.15) is 68.2 Å². The van der Waals surface area contributed by atoms with Crippen LogP contribution in [0.3, 0.4) is 0 Å². The Bertz CT molecular complexity index is 175. The molecule has 0 spiro atoms. The molecule has 0 aliphatic heterocycles. The molecular formula is C14H30S2. The predicted molar refractivity (Wildman–Crippen MR) is 82.3 cm³/mol. The van der Waals surface area contributed by atoms with Gasteiger partial charge in [-0.25, -0.2) is 0 Å². The van der Waals surface area contributed by atoms with Crippen LogP contribution in [-0.4, -0.2) is 9.49 Å². The first kappa shape index (κ1) is 16.7. The lowest BCUT2D eigenvalue weighted by Crippen LogP contribution is -2.28. The van der Waals surface area contributed by atoms with Gasteiger partial charge < -0.3 is 0 Å². The zero-order valence-electron chi connectivity index (χ0n) is 12.4. The quantitative estimate of drug-likeness (QED) is 0.515. The van der Waals surface area contributed by atoms with E-state index in [4.69, 9.17) is 0 Å². The first-order valence-corrected chi connectivity index (χ1v) is 8.69. The third-order valence-corrected chi connectivity index (χ3v) is 8.64. The zero-order valence-corrected chi connectivity index (χ0v) is 14.0. The van der Waals surface area contributed by atoms with Crippen LogP contribution in [0, 0.1) is 11.8 Å². The van der Waals surface area contributed by atoms with Crippen LogP contribution in [0.5, 0.6) is 0 Å². The standard InChI is InChI=1S/C14H30S2/c1-9-11(3)13(5,6)15-16-14(7,8)12(4)10-2/h11-12H,9-10H2,1-8H3. The van der Waals surface area contributed by atoms with Crippen LogP contribution in [0.4, 0.5) is 0 Å². The van der Waals surface area contributed by atoms with Gasteiger partial charge in [0.15, 0.2) is 0 Å². The van der Waals surface area contributed by atoms with E-state index >= 15 is 0 Å². The molecule has 0 aromatic carbocycles. The van der Waals surface area contributed by atoms with Gasteiger partial charge in [-0.1, -0.05) is 62.1 Å². The SMILES string of the molecule is CCC(C)C(C)(C)SSC(C)(C)C(C)CC. The maximum absolute atomic E-state index is 2.38. The molecule has 0 aromatic heterocycles. The smallest absolute Gasteiger partial charge is 0.0233 e. The number of rotatable bonds is 7. The lowest BCUT2D eigenvalue weighted by atomic mass is 9.95. The van der Waals surface area contributed by atoms with E-state index in [1.807, 2.05) is 0 Å². The number of hydrogen-bond donors (Lipinski definition) is 0. The third kappa shape index (κ3) is 4.91. The Labute approximate surface area is 111 Å². The molecule has 0 aliphatic carbocycles. The van der Waals surface area contributed by atoms with E-state index in [0.29, 0.717) is 9.49 Å². The minimum atomic E-state index is 0.379. The van der Waals surface area contributed by atoms with Gasteiger partial charge in [0.05, 0.1) is 0 Å². The first-order valence-electron chi connectivity index (χ1n) is 6.54. The highest BCUT2D eigenvalue weighted by Crippen LogP contribution is 2.50. The molecule has 0 heterocycles. The number of hydrogen-bond acceptors (Lipinski definition) is 2. The van der Waals surface area contributed by atoms with Gasteiger partial charge in [0.2, 0.25) is 0 Å². The topological polar surface area (TPSA) is 0 Å². The molecule has 0 saturated heterocycles. The van der Waals surface area contributed by atoms with E-state index in [1.54, 1.807) is 0 Å². The van der Waals surface area contributed by atoms with Crippen LogP contribution >= 0.6 is 21.6 Å². The highest BCUT2D eigenvalue weighted by atomic mass is 33.1. The van der Waals surface area contributed by atoms with Crippen molar-refractivity contribution in [3.8, 4) is 0 Å². The van der Waals surface area contributed by atoms with Gasteiger partial charge in [-0.3, -0.25) is 0 Å². The van der Waals surface area contributed by atoms with Crippen LogP contribution in [0.25, 0.3) is 0 Å². The minimum absolute atomic E-state index is 0.379. The second kappa shape index (κ2) is 6.58. The molecule has 0 bridgehead atoms. The normalized spacial score (nSPS) is 17.2. The van der Waals surface area contributed by atoms with Crippen molar-refractivity contribution in [3.05, 3.63) is 0 Å². The molecule has 0 saturated carbocycles. The maximum Gasteiger partial charge on any atom is 0.0233 e. The summed E-state index contributed by atoms with van der Waals surface area (Å²) in [6, 6.07) is 0. The molecule has 2 heteroatoms. The zero-order chi connectivity index (χ0) is 13.0. The van der Waals surface area contributed by atoms with Gasteiger partial charge in [-0.2, -0.15) is 0 Å². The summed E-state index contributed by atoms with van der Waals surface area (Å²) < 4.78 is 0.758. The van der Waals surface area contributed by atoms with Gasteiger partial charge in [0, 0.05) is 9.49 Å². The molecular weight excluding hydrogens is 232 g/mol. The van der Waals surface area contributed by atoms with Crippen LogP contribution in [0.2, 0.25) is 0 Å². The second-order valence-corrected chi connectivity index (χ2v) is 9.43. The Morgan fingerprint density at radius 2 is 1.00 bits per heavy atom. The van der Waals surface area contributed by atoms with Crippen LogP contribution in [0.15, 0.2) is 0 Å². The van der Waals surface area contributed by atoms with Gasteiger partial charge in [0.1, 0.15) is 0 Å². The summed E-state index contributed by atoms with van der Waals surface area (Å²) in [7, 11) is 4.16. The van der Waals surface area contributed by atoms with Gasteiger partial charge in [0.25, 0.3) is 0 Å². The van der Waals surface area contributed by atoms with Crippen molar-refractivity contribution < 1.29 is 0 Å². The Balaban J connectivity index is 4.33. The molecule has 2 atom stereocenters. The third-order valence-electron chi connectivity index (χ3n) is 4.07. The van der Waals surface area contributed by atoms with Crippen molar-refractivity contribution >= 4 is 21.6 Å². The van der Waals surface area contributed by atoms with Crippen molar-refractivity contribution in [2.45, 2.75) is 77.7 Å². The summed E-state index contributed by atoms with van der Waals surface area (Å²) in [6.07, 6.45) is 2.54. The molecule has 0 rings (SSSR count). The van der Waals surface area contributed by atoms with Crippen molar-refractivity contribution in [2.24, 2.45) is 11.8 Å². The Morgan fingerprint density at radius 3 is 1.19 bits per heavy atom. The minimum Gasteiger partial charge on any atom is -0.0870 e. The molecule has 0 aromatic rings. The van der Waals surface area contributed by atoms with Gasteiger partial charge in [-0.15, -0.1) is 0 Å². The maximum atomic E-state index is 2.38. The Morgan fingerprint density at radius 1 is 0.750 bits per heavy atom. The van der Waals surface area contributed by atoms with E-state index in [9.17, 15) is 0 Å². The average molecular weight is 263 g/mol. The average Bonchev–Trinajstić information content (AvgIpc) is 2.24. The molecule has 0 nitrogen and oxygen atoms in total. The van der Waals surface area contributed by atoms with Gasteiger partial charge >= 0.3 is 0 Å². The Hall–Kier alpha value is 0.700. The molecule has 0 fully saturated rings. The summed E-state index contributed by atoms with van der Waals surface area (Å²) >= 11 is 0. The molecule has 16 heavy (non-hydrogen) atoms. The Kier molecular flexibility index (Phi) is 6.87. The molecule has 2 unspecified atom stereocenters. The largest absolute Gasteiger partial charge is 0.0870 e. The van der Waals surface area contributed by atoms with E-state index in [1.165, 1.54) is 12.8 Å². The molecule has 0 radical (unpaired) electrons. The van der Waals surface area contributed by atoms with E-state index in [0.717, 1.165) is 11.8 Å². The lowest BCUT2D eigenvalue weighted by molar-refractivity contribution is 0.445. The highest BCUT2D eigenvalue weighted by molar-refractivity contribution is 8.77. The molecule has 0 aliphatic rings. The second-order valence-electron chi connectivity index (χ2n) is 5.99. The van der Waals surface area contributed by atoms with Crippen molar-refractivity contribution in [3.63, 3.8) is 0 Å². The summed E-state index contributed by atoms with van der Waals surface area (Å²) in [4.78, 5) is 0. The molecule has 0 N–H and O–H groups in total. The van der Waals surface area contributed by atoms with E-state index < -0.39 is 0 Å². The fourth-order valence-electron chi connectivity index (χ4n) is 1.36. The highest BCUT2D eigenvalue weighted by Gasteiger charge is 2.32. The summed E-state index contributed by atoms with van der Waals surface area (Å²) in [5.74, 6) is 1.55. The van der Waals surface area contributed by atoms with Crippen molar-refractivity contribution in [2.75, 3.05) is 0 Å². The van der Waals surface area contributed by atoms with Gasteiger partial charge in [-0.05, 0) is 39.5 Å². The lowest BCUT2D eigenvalue weighted by Gasteiger charge is -2.36. The first-order chi connectivity index (χ1) is 7.17. The van der Waals surface area contributed by atoms with Crippen molar-refractivity contribution in [1.82, 2.24) is 0 Å². The predicted octanol–water partition coefficient (Wildman–Crippen LogP) is 6.02. The molecule has 98 valence electrons. The van der Waals surface area contributed by atoms with Crippen LogP contribution < -0.4 is 0 Å². The fraction of sp³-hybridized carbons (Fsp3) is 1.00. The summed E-state index contributed by atoms with van der Waals surface area (Å²) in [5.41, 5.74) is 0. The fourth-order valence-corrected chi connectivity index (χ4v) is 4.73. The van der Waals surface area contributed by atoms with Crippen LogP contribution in [-0.2, 0) is 0 Å². The summed E-state index contributed by atoms with van der Waals surface area (Å²) in [6.45, 7) is 18.8. The monoisotopic (exact) mass is 262 g/mol. The van der Waals surface area contributed by atoms with Crippen molar-refractivity contribution in [1.29, 1.82) is 0 Å². The van der Waals surface area contributed by atoms with E-state index in [2.05, 4.69) is 77.0 Å².